The zero-order chi connectivity index (χ0) is 14.9. The van der Waals surface area contributed by atoms with Gasteiger partial charge in [-0.05, 0) is 35.7 Å². The summed E-state index contributed by atoms with van der Waals surface area (Å²) in [5, 5.41) is 0.542. The van der Waals surface area contributed by atoms with Gasteiger partial charge < -0.3 is 5.73 Å². The Bertz CT molecular complexity index is 606. The summed E-state index contributed by atoms with van der Waals surface area (Å²) in [5.41, 5.74) is 7.56. The molecule has 0 amide bonds. The van der Waals surface area contributed by atoms with Gasteiger partial charge in [0.05, 0.1) is 11.6 Å². The number of benzene rings is 2. The minimum absolute atomic E-state index is 0.542. The van der Waals surface area contributed by atoms with E-state index in [4.69, 9.17) is 17.3 Å². The Labute approximate surface area is 120 Å². The predicted molar refractivity (Wildman–Crippen MR) is 73.7 cm³/mol. The molecule has 0 heterocycles. The number of alkyl halides is 3. The van der Waals surface area contributed by atoms with E-state index in [-0.39, 0.29) is 0 Å². The molecule has 106 valence electrons. The number of rotatable bonds is 2. The van der Waals surface area contributed by atoms with E-state index in [0.717, 1.165) is 17.7 Å². The topological polar surface area (TPSA) is 26.0 Å². The summed E-state index contributed by atoms with van der Waals surface area (Å²) in [6.07, 6.45) is -4.34. The zero-order valence-corrected chi connectivity index (χ0v) is 11.5. The lowest BCUT2D eigenvalue weighted by Crippen LogP contribution is -2.13. The maximum atomic E-state index is 12.5. The number of halogens is 4. The van der Waals surface area contributed by atoms with Crippen LogP contribution in [0.15, 0.2) is 42.5 Å². The van der Waals surface area contributed by atoms with Crippen LogP contribution < -0.4 is 5.73 Å². The van der Waals surface area contributed by atoms with Gasteiger partial charge in [0.1, 0.15) is 0 Å². The highest BCUT2D eigenvalue weighted by Gasteiger charge is 2.30. The van der Waals surface area contributed by atoms with E-state index < -0.39 is 17.8 Å². The predicted octanol–water partition coefficient (Wildman–Crippen LogP) is 4.72. The van der Waals surface area contributed by atoms with Gasteiger partial charge in [-0.1, -0.05) is 41.9 Å². The van der Waals surface area contributed by atoms with E-state index in [2.05, 4.69) is 0 Å². The van der Waals surface area contributed by atoms with E-state index in [9.17, 15) is 13.2 Å². The molecule has 5 heteroatoms. The molecule has 1 unspecified atom stereocenters. The third-order valence-electron chi connectivity index (χ3n) is 3.15. The molecular formula is C15H13ClF3N. The standard InChI is InChI=1S/C15H13ClF3N/c1-9-3-2-4-12(13(9)16)14(20)10-5-7-11(8-6-10)15(17,18)19/h2-8,14H,20H2,1H3. The number of aryl methyl sites for hydroxylation is 1. The molecule has 2 N–H and O–H groups in total. The van der Waals surface area contributed by atoms with Crippen molar-refractivity contribution in [3.05, 3.63) is 69.7 Å². The highest BCUT2D eigenvalue weighted by Crippen LogP contribution is 2.32. The lowest BCUT2D eigenvalue weighted by Gasteiger charge is -2.16. The molecule has 20 heavy (non-hydrogen) atoms. The van der Waals surface area contributed by atoms with Crippen LogP contribution in [0.5, 0.6) is 0 Å². The van der Waals surface area contributed by atoms with Crippen LogP contribution in [-0.4, -0.2) is 0 Å². The molecule has 0 spiro atoms. The van der Waals surface area contributed by atoms with Gasteiger partial charge in [0.15, 0.2) is 0 Å². The summed E-state index contributed by atoms with van der Waals surface area (Å²) in [7, 11) is 0. The molecule has 0 aliphatic carbocycles. The van der Waals surface area contributed by atoms with Crippen molar-refractivity contribution in [1.82, 2.24) is 0 Å². The van der Waals surface area contributed by atoms with Crippen LogP contribution in [0.4, 0.5) is 13.2 Å². The van der Waals surface area contributed by atoms with Crippen molar-refractivity contribution >= 4 is 11.6 Å². The van der Waals surface area contributed by atoms with Gasteiger partial charge in [0, 0.05) is 5.02 Å². The van der Waals surface area contributed by atoms with E-state index in [1.807, 2.05) is 19.1 Å². The van der Waals surface area contributed by atoms with E-state index in [0.29, 0.717) is 16.1 Å². The van der Waals surface area contributed by atoms with Crippen LogP contribution >= 0.6 is 11.6 Å². The largest absolute Gasteiger partial charge is 0.416 e. The second kappa shape index (κ2) is 5.46. The number of hydrogen-bond donors (Lipinski definition) is 1. The van der Waals surface area contributed by atoms with Crippen LogP contribution in [0, 0.1) is 6.92 Å². The van der Waals surface area contributed by atoms with Crippen molar-refractivity contribution in [2.45, 2.75) is 19.1 Å². The van der Waals surface area contributed by atoms with E-state index in [1.54, 1.807) is 6.07 Å². The molecule has 0 fully saturated rings. The summed E-state index contributed by atoms with van der Waals surface area (Å²) >= 11 is 6.18. The third-order valence-corrected chi connectivity index (χ3v) is 3.67. The fourth-order valence-electron chi connectivity index (χ4n) is 1.97. The van der Waals surface area contributed by atoms with Gasteiger partial charge in [0.25, 0.3) is 0 Å². The Hall–Kier alpha value is -1.52. The Morgan fingerprint density at radius 3 is 2.20 bits per heavy atom. The molecule has 2 aromatic carbocycles. The molecule has 0 aromatic heterocycles. The molecule has 2 aromatic rings. The minimum Gasteiger partial charge on any atom is -0.320 e. The SMILES string of the molecule is Cc1cccc(C(N)c2ccc(C(F)(F)F)cc2)c1Cl. The first kappa shape index (κ1) is 14.9. The van der Waals surface area contributed by atoms with Gasteiger partial charge in [0.2, 0.25) is 0 Å². The second-order valence-electron chi connectivity index (χ2n) is 4.58. The van der Waals surface area contributed by atoms with Crippen molar-refractivity contribution in [3.8, 4) is 0 Å². The summed E-state index contributed by atoms with van der Waals surface area (Å²) in [6, 6.07) is 9.71. The molecule has 1 nitrogen and oxygen atoms in total. The summed E-state index contributed by atoms with van der Waals surface area (Å²) in [4.78, 5) is 0. The quantitative estimate of drug-likeness (QED) is 0.853. The average Bonchev–Trinajstić information content (AvgIpc) is 2.40. The van der Waals surface area contributed by atoms with Gasteiger partial charge in [-0.15, -0.1) is 0 Å². The third kappa shape index (κ3) is 2.97. The lowest BCUT2D eigenvalue weighted by molar-refractivity contribution is -0.137. The lowest BCUT2D eigenvalue weighted by atomic mass is 9.97. The molecular weight excluding hydrogens is 287 g/mol. The Kier molecular flexibility index (Phi) is 4.06. The molecule has 1 atom stereocenters. The number of nitrogens with two attached hydrogens (primary N) is 1. The first-order valence-electron chi connectivity index (χ1n) is 5.98. The Morgan fingerprint density at radius 1 is 1.05 bits per heavy atom. The Balaban J connectivity index is 2.34. The molecule has 0 radical (unpaired) electrons. The maximum absolute atomic E-state index is 12.5. The minimum atomic E-state index is -4.34. The summed E-state index contributed by atoms with van der Waals surface area (Å²) in [6.45, 7) is 1.85. The van der Waals surface area contributed by atoms with Crippen LogP contribution in [0.3, 0.4) is 0 Å². The van der Waals surface area contributed by atoms with Gasteiger partial charge >= 0.3 is 6.18 Å². The average molecular weight is 300 g/mol. The van der Waals surface area contributed by atoms with Crippen molar-refractivity contribution in [2.24, 2.45) is 5.73 Å². The maximum Gasteiger partial charge on any atom is 0.416 e. The van der Waals surface area contributed by atoms with Crippen LogP contribution in [0.2, 0.25) is 5.02 Å². The molecule has 2 rings (SSSR count). The normalized spacial score (nSPS) is 13.3. The van der Waals surface area contributed by atoms with Gasteiger partial charge in [-0.25, -0.2) is 0 Å². The van der Waals surface area contributed by atoms with Crippen LogP contribution in [0.1, 0.15) is 28.3 Å². The summed E-state index contributed by atoms with van der Waals surface area (Å²) in [5.74, 6) is 0. The fraction of sp³-hybridized carbons (Fsp3) is 0.200. The Morgan fingerprint density at radius 2 is 1.65 bits per heavy atom. The van der Waals surface area contributed by atoms with Crippen molar-refractivity contribution in [3.63, 3.8) is 0 Å². The zero-order valence-electron chi connectivity index (χ0n) is 10.7. The van der Waals surface area contributed by atoms with Gasteiger partial charge in [-0.3, -0.25) is 0 Å². The highest BCUT2D eigenvalue weighted by atomic mass is 35.5. The van der Waals surface area contributed by atoms with E-state index in [1.165, 1.54) is 12.1 Å². The smallest absolute Gasteiger partial charge is 0.320 e. The molecule has 0 bridgehead atoms. The molecule has 0 aliphatic heterocycles. The van der Waals surface area contributed by atoms with Crippen molar-refractivity contribution in [2.75, 3.05) is 0 Å². The van der Waals surface area contributed by atoms with E-state index >= 15 is 0 Å². The van der Waals surface area contributed by atoms with Crippen molar-refractivity contribution < 1.29 is 13.2 Å². The first-order chi connectivity index (χ1) is 9.30. The molecule has 0 aliphatic rings. The summed E-state index contributed by atoms with van der Waals surface area (Å²) < 4.78 is 37.5. The highest BCUT2D eigenvalue weighted by molar-refractivity contribution is 6.32. The second-order valence-corrected chi connectivity index (χ2v) is 4.95. The molecule has 0 saturated carbocycles. The van der Waals surface area contributed by atoms with Gasteiger partial charge in [-0.2, -0.15) is 13.2 Å². The van der Waals surface area contributed by atoms with Crippen LogP contribution in [0.25, 0.3) is 0 Å². The monoisotopic (exact) mass is 299 g/mol. The van der Waals surface area contributed by atoms with Crippen molar-refractivity contribution in [1.29, 1.82) is 0 Å². The number of hydrogen-bond acceptors (Lipinski definition) is 1. The fourth-order valence-corrected chi connectivity index (χ4v) is 2.21. The van der Waals surface area contributed by atoms with Crippen LogP contribution in [-0.2, 0) is 6.18 Å². The molecule has 0 saturated heterocycles. The first-order valence-corrected chi connectivity index (χ1v) is 6.36.